The van der Waals surface area contributed by atoms with Crippen LogP contribution in [0.1, 0.15) is 34.6 Å². The molecule has 1 aliphatic heterocycles. The molecule has 0 saturated heterocycles. The molecular formula is C21H22N4O2S. The summed E-state index contributed by atoms with van der Waals surface area (Å²) < 4.78 is 0. The van der Waals surface area contributed by atoms with Crippen LogP contribution in [0.2, 0.25) is 0 Å². The molecule has 4 N–H and O–H groups in total. The van der Waals surface area contributed by atoms with Gasteiger partial charge in [-0.2, -0.15) is 0 Å². The van der Waals surface area contributed by atoms with Crippen LogP contribution in [0.4, 0.5) is 0 Å². The normalized spacial score (nSPS) is 18.1. The molecule has 144 valence electrons. The highest BCUT2D eigenvalue weighted by atomic mass is 32.1. The molecule has 1 saturated carbocycles. The monoisotopic (exact) mass is 394 g/mol. The van der Waals surface area contributed by atoms with Gasteiger partial charge in [0.15, 0.2) is 0 Å². The maximum absolute atomic E-state index is 12.3. The van der Waals surface area contributed by atoms with Crippen molar-refractivity contribution in [1.82, 2.24) is 20.6 Å². The standard InChI is InChI=1S/C21H22N4O2S/c26-20(24-12-21(27)3-4-21)18-8-16(11-28-18)15-6-14-7-17(25-19(14)23-10-15)13-2-1-5-22-9-13/h2,6-8,10-11,22,27H,1,3-5,9,12H2,(H,23,25)(H,24,26). The lowest BCUT2D eigenvalue weighted by atomic mass is 10.1. The van der Waals surface area contributed by atoms with Crippen LogP contribution in [0.15, 0.2) is 35.9 Å². The van der Waals surface area contributed by atoms with Crippen molar-refractivity contribution in [2.75, 3.05) is 19.6 Å². The minimum atomic E-state index is -0.681. The number of carbonyl (C=O) groups excluding carboxylic acids is 1. The smallest absolute Gasteiger partial charge is 0.261 e. The van der Waals surface area contributed by atoms with Gasteiger partial charge in [0.05, 0.1) is 10.5 Å². The van der Waals surface area contributed by atoms with Gasteiger partial charge in [0.25, 0.3) is 5.91 Å². The number of fused-ring (bicyclic) bond motifs is 1. The number of aromatic amines is 1. The van der Waals surface area contributed by atoms with Gasteiger partial charge in [0, 0.05) is 35.9 Å². The highest BCUT2D eigenvalue weighted by molar-refractivity contribution is 7.12. The summed E-state index contributed by atoms with van der Waals surface area (Å²) in [6.07, 6.45) is 6.68. The number of pyridine rings is 1. The molecule has 3 aromatic heterocycles. The quantitative estimate of drug-likeness (QED) is 0.536. The minimum Gasteiger partial charge on any atom is -0.388 e. The predicted octanol–water partition coefficient (Wildman–Crippen LogP) is 2.92. The van der Waals surface area contributed by atoms with E-state index in [9.17, 15) is 9.90 Å². The summed E-state index contributed by atoms with van der Waals surface area (Å²) in [5.41, 5.74) is 4.55. The van der Waals surface area contributed by atoms with E-state index in [0.717, 1.165) is 60.2 Å². The van der Waals surface area contributed by atoms with E-state index in [1.165, 1.54) is 16.9 Å². The van der Waals surface area contributed by atoms with Gasteiger partial charge in [-0.05, 0) is 60.5 Å². The first-order valence-electron chi connectivity index (χ1n) is 9.58. The zero-order valence-electron chi connectivity index (χ0n) is 15.4. The Morgan fingerprint density at radius 1 is 1.29 bits per heavy atom. The van der Waals surface area contributed by atoms with Gasteiger partial charge in [-0.3, -0.25) is 4.79 Å². The Hall–Kier alpha value is -2.48. The number of thiophene rings is 1. The van der Waals surface area contributed by atoms with Gasteiger partial charge in [-0.1, -0.05) is 6.08 Å². The highest BCUT2D eigenvalue weighted by Crippen LogP contribution is 2.34. The number of nitrogens with zero attached hydrogens (tertiary/aromatic N) is 1. The molecule has 7 heteroatoms. The molecule has 1 amide bonds. The summed E-state index contributed by atoms with van der Waals surface area (Å²) in [6, 6.07) is 6.14. The second-order valence-corrected chi connectivity index (χ2v) is 8.56. The van der Waals surface area contributed by atoms with Crippen molar-refractivity contribution in [3.63, 3.8) is 0 Å². The zero-order valence-corrected chi connectivity index (χ0v) is 16.2. The fourth-order valence-electron chi connectivity index (χ4n) is 3.45. The largest absolute Gasteiger partial charge is 0.388 e. The number of aromatic nitrogens is 2. The summed E-state index contributed by atoms with van der Waals surface area (Å²) in [7, 11) is 0. The Morgan fingerprint density at radius 2 is 2.18 bits per heavy atom. The molecule has 1 fully saturated rings. The van der Waals surface area contributed by atoms with Crippen molar-refractivity contribution in [2.24, 2.45) is 0 Å². The first kappa shape index (κ1) is 17.6. The maximum Gasteiger partial charge on any atom is 0.261 e. The number of hydrogen-bond donors (Lipinski definition) is 4. The average Bonchev–Trinajstić information content (AvgIpc) is 3.14. The molecule has 0 aromatic carbocycles. The molecule has 4 heterocycles. The van der Waals surface area contributed by atoms with E-state index < -0.39 is 5.60 Å². The Morgan fingerprint density at radius 3 is 2.96 bits per heavy atom. The van der Waals surface area contributed by atoms with Crippen LogP contribution in [0, 0.1) is 0 Å². The number of rotatable bonds is 5. The van der Waals surface area contributed by atoms with E-state index in [1.54, 1.807) is 0 Å². The number of amides is 1. The number of nitrogens with one attached hydrogen (secondary N) is 3. The van der Waals surface area contributed by atoms with Crippen molar-refractivity contribution in [3.05, 3.63) is 46.4 Å². The Labute approximate surface area is 166 Å². The number of H-pyrrole nitrogens is 1. The van der Waals surface area contributed by atoms with Crippen LogP contribution in [-0.2, 0) is 0 Å². The fraction of sp³-hybridized carbons (Fsp3) is 0.333. The molecule has 0 spiro atoms. The third-order valence-electron chi connectivity index (χ3n) is 5.41. The Balaban J connectivity index is 1.36. The molecule has 1 aliphatic carbocycles. The molecule has 0 unspecified atom stereocenters. The summed E-state index contributed by atoms with van der Waals surface area (Å²) in [5, 5.41) is 19.1. The van der Waals surface area contributed by atoms with Crippen molar-refractivity contribution >= 4 is 33.9 Å². The molecule has 0 radical (unpaired) electrons. The highest BCUT2D eigenvalue weighted by Gasteiger charge is 2.40. The minimum absolute atomic E-state index is 0.133. The Bertz CT molecular complexity index is 1080. The summed E-state index contributed by atoms with van der Waals surface area (Å²) in [6.45, 7) is 2.22. The molecule has 0 bridgehead atoms. The van der Waals surface area contributed by atoms with Crippen LogP contribution in [0.25, 0.3) is 27.7 Å². The van der Waals surface area contributed by atoms with E-state index in [-0.39, 0.29) is 5.91 Å². The van der Waals surface area contributed by atoms with Gasteiger partial charge in [0.1, 0.15) is 5.65 Å². The van der Waals surface area contributed by atoms with Crippen LogP contribution in [0.3, 0.4) is 0 Å². The molecule has 28 heavy (non-hydrogen) atoms. The number of aliphatic hydroxyl groups is 1. The second-order valence-electron chi connectivity index (χ2n) is 7.65. The van der Waals surface area contributed by atoms with E-state index in [2.05, 4.69) is 38.8 Å². The fourth-order valence-corrected chi connectivity index (χ4v) is 4.29. The van der Waals surface area contributed by atoms with Gasteiger partial charge in [-0.25, -0.2) is 4.98 Å². The summed E-state index contributed by atoms with van der Waals surface area (Å²) in [4.78, 5) is 20.9. The first-order chi connectivity index (χ1) is 13.6. The van der Waals surface area contributed by atoms with E-state index in [0.29, 0.717) is 11.4 Å². The molecule has 3 aromatic rings. The van der Waals surface area contributed by atoms with Crippen molar-refractivity contribution in [1.29, 1.82) is 0 Å². The molecule has 0 atom stereocenters. The SMILES string of the molecule is O=C(NCC1(O)CC1)c1cc(-c2cnc3[nH]c(C4=CCCNC4)cc3c2)cs1. The zero-order chi connectivity index (χ0) is 19.1. The van der Waals surface area contributed by atoms with E-state index >= 15 is 0 Å². The van der Waals surface area contributed by atoms with Gasteiger partial charge in [0.2, 0.25) is 0 Å². The van der Waals surface area contributed by atoms with Crippen molar-refractivity contribution in [3.8, 4) is 11.1 Å². The number of hydrogen-bond acceptors (Lipinski definition) is 5. The summed E-state index contributed by atoms with van der Waals surface area (Å²) in [5.74, 6) is -0.133. The maximum atomic E-state index is 12.3. The third-order valence-corrected chi connectivity index (χ3v) is 6.33. The van der Waals surface area contributed by atoms with Crippen LogP contribution >= 0.6 is 11.3 Å². The lowest BCUT2D eigenvalue weighted by Gasteiger charge is -2.12. The summed E-state index contributed by atoms with van der Waals surface area (Å²) >= 11 is 1.41. The van der Waals surface area contributed by atoms with Crippen LogP contribution in [0.5, 0.6) is 0 Å². The molecule has 5 rings (SSSR count). The predicted molar refractivity (Wildman–Crippen MR) is 111 cm³/mol. The van der Waals surface area contributed by atoms with Crippen LogP contribution in [-0.4, -0.2) is 46.2 Å². The topological polar surface area (TPSA) is 90.0 Å². The van der Waals surface area contributed by atoms with E-state index in [4.69, 9.17) is 0 Å². The first-order valence-corrected chi connectivity index (χ1v) is 10.5. The molecular weight excluding hydrogens is 372 g/mol. The van der Waals surface area contributed by atoms with Crippen molar-refractivity contribution in [2.45, 2.75) is 24.9 Å². The number of carbonyl (C=O) groups is 1. The lowest BCUT2D eigenvalue weighted by molar-refractivity contribution is 0.0900. The Kier molecular flexibility index (Phi) is 4.30. The third kappa shape index (κ3) is 3.48. The second kappa shape index (κ2) is 6.84. The lowest BCUT2D eigenvalue weighted by Crippen LogP contribution is -2.32. The van der Waals surface area contributed by atoms with Crippen LogP contribution < -0.4 is 10.6 Å². The molecule has 2 aliphatic rings. The average molecular weight is 395 g/mol. The van der Waals surface area contributed by atoms with Crippen molar-refractivity contribution < 1.29 is 9.90 Å². The van der Waals surface area contributed by atoms with Gasteiger partial charge >= 0.3 is 0 Å². The van der Waals surface area contributed by atoms with E-state index in [1.807, 2.05) is 17.6 Å². The van der Waals surface area contributed by atoms with Gasteiger partial charge < -0.3 is 20.7 Å². The van der Waals surface area contributed by atoms with Gasteiger partial charge in [-0.15, -0.1) is 11.3 Å². The molecule has 6 nitrogen and oxygen atoms in total.